The van der Waals surface area contributed by atoms with Gasteiger partial charge in [0, 0.05) is 5.56 Å². The fraction of sp³-hybridized carbons (Fsp3) is 0.111. The smallest absolute Gasteiger partial charge is 0.277 e. The Morgan fingerprint density at radius 2 is 1.81 bits per heavy atom. The Kier molecular flexibility index (Phi) is 5.82. The molecule has 0 fully saturated rings. The molecule has 0 aliphatic rings. The molecule has 3 aromatic rings. The Balaban J connectivity index is 1.49. The van der Waals surface area contributed by atoms with Gasteiger partial charge in [-0.3, -0.25) is 20.4 Å². The van der Waals surface area contributed by atoms with E-state index < -0.39 is 17.6 Å². The molecule has 0 saturated carbocycles. The highest BCUT2D eigenvalue weighted by molar-refractivity contribution is 7.99. The number of hydrogen-bond acceptors (Lipinski definition) is 6. The maximum atomic E-state index is 13.5. The summed E-state index contributed by atoms with van der Waals surface area (Å²) in [5.74, 6) is -1.63. The van der Waals surface area contributed by atoms with Gasteiger partial charge in [0.1, 0.15) is 5.82 Å². The van der Waals surface area contributed by atoms with Crippen LogP contribution < -0.4 is 10.9 Å². The molecule has 27 heavy (non-hydrogen) atoms. The van der Waals surface area contributed by atoms with Crippen molar-refractivity contribution < 1.29 is 18.4 Å². The number of thioether (sulfide) groups is 1. The van der Waals surface area contributed by atoms with E-state index in [1.807, 2.05) is 31.2 Å². The minimum absolute atomic E-state index is 0.0624. The first-order chi connectivity index (χ1) is 13.0. The Labute approximate surface area is 158 Å². The molecule has 1 aromatic heterocycles. The van der Waals surface area contributed by atoms with Crippen LogP contribution in [0.5, 0.6) is 0 Å². The van der Waals surface area contributed by atoms with Crippen molar-refractivity contribution in [2.45, 2.75) is 12.1 Å². The van der Waals surface area contributed by atoms with Crippen molar-refractivity contribution in [2.75, 3.05) is 5.75 Å². The SMILES string of the molecule is Cc1ccc(-c2nnc(SCC(=O)NNC(=O)c3ccccc3F)o2)cc1. The number of nitrogens with zero attached hydrogens (tertiary/aromatic N) is 2. The van der Waals surface area contributed by atoms with E-state index in [2.05, 4.69) is 21.0 Å². The molecule has 7 nitrogen and oxygen atoms in total. The molecule has 2 N–H and O–H groups in total. The number of halogens is 1. The van der Waals surface area contributed by atoms with Gasteiger partial charge in [-0.2, -0.15) is 0 Å². The van der Waals surface area contributed by atoms with Gasteiger partial charge in [-0.05, 0) is 31.2 Å². The Morgan fingerprint density at radius 1 is 1.07 bits per heavy atom. The lowest BCUT2D eigenvalue weighted by atomic mass is 10.1. The molecule has 0 radical (unpaired) electrons. The zero-order valence-electron chi connectivity index (χ0n) is 14.2. The molecular weight excluding hydrogens is 371 g/mol. The highest BCUT2D eigenvalue weighted by Gasteiger charge is 2.13. The molecule has 0 aliphatic heterocycles. The van der Waals surface area contributed by atoms with Gasteiger partial charge in [-0.15, -0.1) is 10.2 Å². The number of carbonyl (C=O) groups excluding carboxylic acids is 2. The van der Waals surface area contributed by atoms with Crippen LogP contribution in [0.1, 0.15) is 15.9 Å². The summed E-state index contributed by atoms with van der Waals surface area (Å²) in [6, 6.07) is 13.1. The molecule has 2 aromatic carbocycles. The summed E-state index contributed by atoms with van der Waals surface area (Å²) in [6.45, 7) is 1.97. The summed E-state index contributed by atoms with van der Waals surface area (Å²) < 4.78 is 19.0. The number of hydrogen-bond donors (Lipinski definition) is 2. The molecule has 3 rings (SSSR count). The molecule has 0 aliphatic carbocycles. The highest BCUT2D eigenvalue weighted by Crippen LogP contribution is 2.23. The molecule has 138 valence electrons. The van der Waals surface area contributed by atoms with E-state index >= 15 is 0 Å². The van der Waals surface area contributed by atoms with E-state index in [1.165, 1.54) is 18.2 Å². The maximum absolute atomic E-state index is 13.5. The van der Waals surface area contributed by atoms with E-state index in [0.717, 1.165) is 29.0 Å². The lowest BCUT2D eigenvalue weighted by Crippen LogP contribution is -2.42. The van der Waals surface area contributed by atoms with Gasteiger partial charge < -0.3 is 4.42 Å². The predicted molar refractivity (Wildman–Crippen MR) is 97.2 cm³/mol. The molecule has 0 atom stereocenters. The number of aryl methyl sites for hydroxylation is 1. The van der Waals surface area contributed by atoms with Crippen molar-refractivity contribution in [3.8, 4) is 11.5 Å². The van der Waals surface area contributed by atoms with E-state index in [1.54, 1.807) is 0 Å². The number of hydrazine groups is 1. The van der Waals surface area contributed by atoms with E-state index in [4.69, 9.17) is 4.42 Å². The third-order valence-corrected chi connectivity index (χ3v) is 4.28. The van der Waals surface area contributed by atoms with Crippen molar-refractivity contribution in [2.24, 2.45) is 0 Å². The third kappa shape index (κ3) is 4.91. The summed E-state index contributed by atoms with van der Waals surface area (Å²) in [6.07, 6.45) is 0. The Hall–Kier alpha value is -3.20. The molecule has 2 amide bonds. The minimum atomic E-state index is -0.745. The Bertz CT molecular complexity index is 959. The number of aromatic nitrogens is 2. The van der Waals surface area contributed by atoms with Crippen LogP contribution in [0.25, 0.3) is 11.5 Å². The lowest BCUT2D eigenvalue weighted by Gasteiger charge is -2.07. The van der Waals surface area contributed by atoms with Crippen LogP contribution in [0.4, 0.5) is 4.39 Å². The fourth-order valence-electron chi connectivity index (χ4n) is 2.08. The molecule has 9 heteroatoms. The topological polar surface area (TPSA) is 97.1 Å². The van der Waals surface area contributed by atoms with Crippen molar-refractivity contribution in [3.63, 3.8) is 0 Å². The average Bonchev–Trinajstić information content (AvgIpc) is 3.14. The summed E-state index contributed by atoms with van der Waals surface area (Å²) in [5, 5.41) is 8.03. The number of nitrogens with one attached hydrogen (secondary N) is 2. The first kappa shape index (κ1) is 18.6. The summed E-state index contributed by atoms with van der Waals surface area (Å²) >= 11 is 1.02. The average molecular weight is 386 g/mol. The second-order valence-electron chi connectivity index (χ2n) is 5.51. The third-order valence-electron chi connectivity index (χ3n) is 3.47. The van der Waals surface area contributed by atoms with Crippen molar-refractivity contribution in [3.05, 3.63) is 65.5 Å². The van der Waals surface area contributed by atoms with Gasteiger partial charge in [0.15, 0.2) is 0 Å². The van der Waals surface area contributed by atoms with Gasteiger partial charge in [0.25, 0.3) is 11.1 Å². The fourth-order valence-corrected chi connectivity index (χ4v) is 2.65. The zero-order chi connectivity index (χ0) is 19.2. The van der Waals surface area contributed by atoms with Crippen LogP contribution in [0.3, 0.4) is 0 Å². The van der Waals surface area contributed by atoms with Gasteiger partial charge in [0.2, 0.25) is 11.8 Å². The highest BCUT2D eigenvalue weighted by atomic mass is 32.2. The summed E-state index contributed by atoms with van der Waals surface area (Å²) in [4.78, 5) is 23.6. The van der Waals surface area contributed by atoms with Gasteiger partial charge in [-0.25, -0.2) is 4.39 Å². The largest absolute Gasteiger partial charge is 0.411 e. The first-order valence-electron chi connectivity index (χ1n) is 7.90. The molecule has 0 unspecified atom stereocenters. The summed E-state index contributed by atoms with van der Waals surface area (Å²) in [7, 11) is 0. The second kappa shape index (κ2) is 8.45. The predicted octanol–water partition coefficient (Wildman–Crippen LogP) is 2.74. The van der Waals surface area contributed by atoms with Gasteiger partial charge in [0.05, 0.1) is 11.3 Å². The van der Waals surface area contributed by atoms with Crippen LogP contribution in [0.2, 0.25) is 0 Å². The van der Waals surface area contributed by atoms with Crippen molar-refractivity contribution in [1.82, 2.24) is 21.0 Å². The quantitative estimate of drug-likeness (QED) is 0.517. The van der Waals surface area contributed by atoms with Crippen LogP contribution >= 0.6 is 11.8 Å². The molecule has 0 bridgehead atoms. The summed E-state index contributed by atoms with van der Waals surface area (Å²) in [5.41, 5.74) is 6.09. The van der Waals surface area contributed by atoms with Crippen LogP contribution in [0.15, 0.2) is 58.2 Å². The minimum Gasteiger partial charge on any atom is -0.411 e. The Morgan fingerprint density at radius 3 is 2.56 bits per heavy atom. The normalized spacial score (nSPS) is 10.4. The maximum Gasteiger partial charge on any atom is 0.277 e. The second-order valence-corrected chi connectivity index (χ2v) is 6.44. The molecule has 0 saturated heterocycles. The van der Waals surface area contributed by atoms with Crippen LogP contribution in [-0.4, -0.2) is 27.8 Å². The van der Waals surface area contributed by atoms with Crippen molar-refractivity contribution >= 4 is 23.6 Å². The van der Waals surface area contributed by atoms with E-state index in [-0.39, 0.29) is 16.5 Å². The number of benzene rings is 2. The van der Waals surface area contributed by atoms with Gasteiger partial charge >= 0.3 is 0 Å². The van der Waals surface area contributed by atoms with E-state index in [9.17, 15) is 14.0 Å². The number of amides is 2. The van der Waals surface area contributed by atoms with E-state index in [0.29, 0.717) is 5.89 Å². The monoisotopic (exact) mass is 386 g/mol. The van der Waals surface area contributed by atoms with Gasteiger partial charge in [-0.1, -0.05) is 41.6 Å². The first-order valence-corrected chi connectivity index (χ1v) is 8.88. The molecular formula is C18H15FN4O3S. The van der Waals surface area contributed by atoms with Crippen molar-refractivity contribution in [1.29, 1.82) is 0 Å². The molecule has 1 heterocycles. The lowest BCUT2D eigenvalue weighted by molar-refractivity contribution is -0.119. The van der Waals surface area contributed by atoms with Crippen LogP contribution in [-0.2, 0) is 4.79 Å². The standard InChI is InChI=1S/C18H15FN4O3S/c1-11-6-8-12(9-7-11)17-22-23-18(26-17)27-10-15(24)20-21-16(25)13-4-2-3-5-14(13)19/h2-9H,10H2,1H3,(H,20,24)(H,21,25). The zero-order valence-corrected chi connectivity index (χ0v) is 15.0. The van der Waals surface area contributed by atoms with Crippen LogP contribution in [0, 0.1) is 12.7 Å². The number of rotatable bonds is 5. The molecule has 0 spiro atoms. The number of carbonyl (C=O) groups is 2.